The van der Waals surface area contributed by atoms with Crippen LogP contribution >= 0.6 is 0 Å². The Morgan fingerprint density at radius 2 is 2.47 bits per heavy atom. The van der Waals surface area contributed by atoms with Crippen LogP contribution in [0, 0.1) is 5.92 Å². The normalized spacial score (nSPS) is 24.4. The molecule has 4 heteroatoms. The zero-order valence-electron chi connectivity index (χ0n) is 9.44. The first-order chi connectivity index (χ1) is 7.33. The monoisotopic (exact) mass is 209 g/mol. The van der Waals surface area contributed by atoms with Crippen molar-refractivity contribution in [2.75, 3.05) is 20.3 Å². The maximum Gasteiger partial charge on any atom is 0.0951 e. The predicted octanol–water partition coefficient (Wildman–Crippen LogP) is 1.20. The summed E-state index contributed by atoms with van der Waals surface area (Å²) >= 11 is 0. The molecule has 0 amide bonds. The van der Waals surface area contributed by atoms with Gasteiger partial charge >= 0.3 is 0 Å². The average molecular weight is 209 g/mol. The fraction of sp³-hybridized carbons (Fsp3) is 0.727. The lowest BCUT2D eigenvalue weighted by Gasteiger charge is -2.08. The van der Waals surface area contributed by atoms with Crippen LogP contribution in [0.1, 0.15) is 25.1 Å². The molecule has 1 saturated carbocycles. The van der Waals surface area contributed by atoms with E-state index in [1.54, 1.807) is 7.11 Å². The van der Waals surface area contributed by atoms with Crippen LogP contribution in [0.25, 0.3) is 0 Å². The highest BCUT2D eigenvalue weighted by Gasteiger charge is 2.35. The molecule has 0 aliphatic heterocycles. The SMILES string of the molecule is COCCNCc1cncn1C1CC1C. The van der Waals surface area contributed by atoms with E-state index in [-0.39, 0.29) is 0 Å². The molecule has 1 heterocycles. The molecule has 1 aromatic rings. The first-order valence-corrected chi connectivity index (χ1v) is 5.53. The Hall–Kier alpha value is -0.870. The van der Waals surface area contributed by atoms with Crippen LogP contribution in [-0.4, -0.2) is 29.8 Å². The van der Waals surface area contributed by atoms with E-state index in [2.05, 4.69) is 21.8 Å². The number of nitrogens with one attached hydrogen (secondary N) is 1. The van der Waals surface area contributed by atoms with Gasteiger partial charge < -0.3 is 14.6 Å². The summed E-state index contributed by atoms with van der Waals surface area (Å²) < 4.78 is 7.28. The van der Waals surface area contributed by atoms with Crippen molar-refractivity contribution < 1.29 is 4.74 Å². The van der Waals surface area contributed by atoms with E-state index in [4.69, 9.17) is 4.74 Å². The Kier molecular flexibility index (Phi) is 3.38. The fourth-order valence-electron chi connectivity index (χ4n) is 1.85. The third kappa shape index (κ3) is 2.58. The fourth-order valence-corrected chi connectivity index (χ4v) is 1.85. The zero-order valence-corrected chi connectivity index (χ0v) is 9.44. The zero-order chi connectivity index (χ0) is 10.7. The summed E-state index contributed by atoms with van der Waals surface area (Å²) in [5.41, 5.74) is 1.28. The molecule has 2 unspecified atom stereocenters. The number of nitrogens with zero attached hydrogens (tertiary/aromatic N) is 2. The van der Waals surface area contributed by atoms with Crippen LogP contribution < -0.4 is 5.32 Å². The van der Waals surface area contributed by atoms with E-state index in [0.29, 0.717) is 6.04 Å². The number of aromatic nitrogens is 2. The van der Waals surface area contributed by atoms with Crippen LogP contribution in [0.5, 0.6) is 0 Å². The quantitative estimate of drug-likeness (QED) is 0.716. The van der Waals surface area contributed by atoms with Gasteiger partial charge in [-0.2, -0.15) is 0 Å². The van der Waals surface area contributed by atoms with Gasteiger partial charge in [0, 0.05) is 32.4 Å². The van der Waals surface area contributed by atoms with Gasteiger partial charge in [-0.25, -0.2) is 4.98 Å². The lowest BCUT2D eigenvalue weighted by atomic mass is 10.4. The van der Waals surface area contributed by atoms with Crippen molar-refractivity contribution in [3.8, 4) is 0 Å². The predicted molar refractivity (Wildman–Crippen MR) is 58.6 cm³/mol. The average Bonchev–Trinajstić information content (AvgIpc) is 2.79. The second kappa shape index (κ2) is 4.77. The lowest BCUT2D eigenvalue weighted by Crippen LogP contribution is -2.20. The van der Waals surface area contributed by atoms with Gasteiger partial charge in [0.05, 0.1) is 18.6 Å². The molecule has 1 fully saturated rings. The molecule has 84 valence electrons. The summed E-state index contributed by atoms with van der Waals surface area (Å²) in [4.78, 5) is 4.21. The molecule has 0 radical (unpaired) electrons. The minimum atomic E-state index is 0.687. The number of hydrogen-bond donors (Lipinski definition) is 1. The second-order valence-electron chi connectivity index (χ2n) is 4.24. The summed E-state index contributed by atoms with van der Waals surface area (Å²) in [6.45, 7) is 4.81. The standard InChI is InChI=1S/C11H19N3O/c1-9-5-11(9)14-8-13-7-10(14)6-12-3-4-15-2/h7-9,11-12H,3-6H2,1-2H3. The summed E-state index contributed by atoms with van der Waals surface area (Å²) in [6.07, 6.45) is 5.19. The Morgan fingerprint density at radius 3 is 3.13 bits per heavy atom. The van der Waals surface area contributed by atoms with E-state index in [0.717, 1.165) is 25.6 Å². The molecular formula is C11H19N3O. The lowest BCUT2D eigenvalue weighted by molar-refractivity contribution is 0.199. The van der Waals surface area contributed by atoms with Crippen molar-refractivity contribution in [1.82, 2.24) is 14.9 Å². The van der Waals surface area contributed by atoms with Crippen molar-refractivity contribution in [1.29, 1.82) is 0 Å². The van der Waals surface area contributed by atoms with Gasteiger partial charge in [-0.3, -0.25) is 0 Å². The number of imidazole rings is 1. The van der Waals surface area contributed by atoms with Gasteiger partial charge in [0.15, 0.2) is 0 Å². The first-order valence-electron chi connectivity index (χ1n) is 5.53. The summed E-state index contributed by atoms with van der Waals surface area (Å²) in [6, 6.07) is 0.687. The smallest absolute Gasteiger partial charge is 0.0951 e. The molecule has 1 aliphatic rings. The van der Waals surface area contributed by atoms with Gasteiger partial charge in [0.25, 0.3) is 0 Å². The van der Waals surface area contributed by atoms with Gasteiger partial charge in [-0.15, -0.1) is 0 Å². The summed E-state index contributed by atoms with van der Waals surface area (Å²) in [5, 5.41) is 3.34. The molecule has 2 atom stereocenters. The number of methoxy groups -OCH3 is 1. The van der Waals surface area contributed by atoms with Crippen LogP contribution in [0.15, 0.2) is 12.5 Å². The molecule has 0 aromatic carbocycles. The highest BCUT2D eigenvalue weighted by atomic mass is 16.5. The maximum absolute atomic E-state index is 4.98. The van der Waals surface area contributed by atoms with Gasteiger partial charge in [0.1, 0.15) is 0 Å². The highest BCUT2D eigenvalue weighted by Crippen LogP contribution is 2.43. The van der Waals surface area contributed by atoms with Crippen LogP contribution in [0.3, 0.4) is 0 Å². The van der Waals surface area contributed by atoms with E-state index < -0.39 is 0 Å². The molecule has 0 bridgehead atoms. The Labute approximate surface area is 90.6 Å². The number of ether oxygens (including phenoxy) is 1. The topological polar surface area (TPSA) is 39.1 Å². The Balaban J connectivity index is 1.83. The molecule has 0 saturated heterocycles. The number of rotatable bonds is 6. The molecule has 0 spiro atoms. The molecule has 2 rings (SSSR count). The van der Waals surface area contributed by atoms with Crippen molar-refractivity contribution >= 4 is 0 Å². The summed E-state index contributed by atoms with van der Waals surface area (Å²) in [7, 11) is 1.72. The Bertz CT molecular complexity index is 311. The first kappa shape index (κ1) is 10.6. The molecule has 1 N–H and O–H groups in total. The molecule has 1 aliphatic carbocycles. The van der Waals surface area contributed by atoms with E-state index in [9.17, 15) is 0 Å². The molecule has 4 nitrogen and oxygen atoms in total. The minimum Gasteiger partial charge on any atom is -0.383 e. The largest absolute Gasteiger partial charge is 0.383 e. The molecule has 1 aromatic heterocycles. The molecular weight excluding hydrogens is 190 g/mol. The van der Waals surface area contributed by atoms with E-state index in [1.165, 1.54) is 12.1 Å². The third-order valence-corrected chi connectivity index (χ3v) is 2.96. The van der Waals surface area contributed by atoms with Crippen LogP contribution in [-0.2, 0) is 11.3 Å². The molecule has 15 heavy (non-hydrogen) atoms. The van der Waals surface area contributed by atoms with Crippen molar-refractivity contribution in [3.63, 3.8) is 0 Å². The van der Waals surface area contributed by atoms with Gasteiger partial charge in [-0.05, 0) is 12.3 Å². The van der Waals surface area contributed by atoms with E-state index in [1.807, 2.05) is 12.5 Å². The van der Waals surface area contributed by atoms with Crippen LogP contribution in [0.2, 0.25) is 0 Å². The number of hydrogen-bond acceptors (Lipinski definition) is 3. The minimum absolute atomic E-state index is 0.687. The van der Waals surface area contributed by atoms with E-state index >= 15 is 0 Å². The maximum atomic E-state index is 4.98. The third-order valence-electron chi connectivity index (χ3n) is 2.96. The van der Waals surface area contributed by atoms with Crippen molar-refractivity contribution in [2.45, 2.75) is 25.9 Å². The van der Waals surface area contributed by atoms with Gasteiger partial charge in [0.2, 0.25) is 0 Å². The highest BCUT2D eigenvalue weighted by molar-refractivity contribution is 5.05. The Morgan fingerprint density at radius 1 is 1.67 bits per heavy atom. The van der Waals surface area contributed by atoms with Gasteiger partial charge in [-0.1, -0.05) is 6.92 Å². The van der Waals surface area contributed by atoms with Crippen LogP contribution in [0.4, 0.5) is 0 Å². The van der Waals surface area contributed by atoms with Crippen molar-refractivity contribution in [2.24, 2.45) is 5.92 Å². The van der Waals surface area contributed by atoms with Crippen molar-refractivity contribution in [3.05, 3.63) is 18.2 Å². The summed E-state index contributed by atoms with van der Waals surface area (Å²) in [5.74, 6) is 0.817. The second-order valence-corrected chi connectivity index (χ2v) is 4.24.